The van der Waals surface area contributed by atoms with Crippen LogP contribution in [0.5, 0.6) is 5.75 Å². The van der Waals surface area contributed by atoms with Crippen molar-refractivity contribution in [2.45, 2.75) is 45.6 Å². The number of hydrogen-bond donors (Lipinski definition) is 3. The summed E-state index contributed by atoms with van der Waals surface area (Å²) in [5, 5.41) is 20.5. The van der Waals surface area contributed by atoms with Gasteiger partial charge in [-0.15, -0.1) is 5.10 Å². The van der Waals surface area contributed by atoms with Crippen LogP contribution in [0, 0.1) is 5.41 Å². The van der Waals surface area contributed by atoms with Gasteiger partial charge in [0.2, 0.25) is 0 Å². The Morgan fingerprint density at radius 3 is 2.54 bits per heavy atom. The van der Waals surface area contributed by atoms with Gasteiger partial charge in [0.15, 0.2) is 5.82 Å². The average molecular weight is 654 g/mol. The van der Waals surface area contributed by atoms with Crippen molar-refractivity contribution in [3.05, 3.63) is 83.6 Å². The Hall–Kier alpha value is -3.10. The minimum atomic E-state index is -0.243. The lowest BCUT2D eigenvalue weighted by Gasteiger charge is -2.29. The first kappa shape index (κ1) is 27.5. The quantitative estimate of drug-likeness (QED) is 0.0690. The van der Waals surface area contributed by atoms with Gasteiger partial charge in [-0.2, -0.15) is 0 Å². The number of halogens is 1. The predicted octanol–water partition coefficient (Wildman–Crippen LogP) is 8.75. The fraction of sp³-hybridized carbons (Fsp3) is 0.267. The highest BCUT2D eigenvalue weighted by molar-refractivity contribution is 14.2. The van der Waals surface area contributed by atoms with Crippen LogP contribution in [0.4, 0.5) is 17.2 Å². The van der Waals surface area contributed by atoms with Crippen LogP contribution in [0.25, 0.3) is 16.6 Å². The lowest BCUT2D eigenvalue weighted by atomic mass is 9.91. The molecule has 1 unspecified atom stereocenters. The van der Waals surface area contributed by atoms with Crippen LogP contribution >= 0.6 is 28.4 Å². The second-order valence-corrected chi connectivity index (χ2v) is 12.5. The number of allylic oxidation sites excluding steroid dienone is 1. The van der Waals surface area contributed by atoms with E-state index in [1.54, 1.807) is 0 Å². The van der Waals surface area contributed by atoms with Crippen LogP contribution in [-0.4, -0.2) is 28.2 Å². The first-order chi connectivity index (χ1) is 18.8. The van der Waals surface area contributed by atoms with Gasteiger partial charge in [0.25, 0.3) is 0 Å². The van der Waals surface area contributed by atoms with E-state index in [-0.39, 0.29) is 5.60 Å². The zero-order valence-electron chi connectivity index (χ0n) is 22.3. The van der Waals surface area contributed by atoms with E-state index in [0.29, 0.717) is 13.0 Å². The number of rotatable bonds is 10. The highest BCUT2D eigenvalue weighted by Gasteiger charge is 2.21. The number of aromatic nitrogens is 2. The Kier molecular flexibility index (Phi) is 8.43. The minimum Gasteiger partial charge on any atom is -0.489 e. The monoisotopic (exact) mass is 653 g/mol. The summed E-state index contributed by atoms with van der Waals surface area (Å²) in [5.41, 5.74) is 5.72. The Labute approximate surface area is 244 Å². The summed E-state index contributed by atoms with van der Waals surface area (Å²) in [6.07, 6.45) is 5.32. The molecule has 1 fully saturated rings. The maximum atomic E-state index is 7.80. The molecular weight excluding hydrogens is 620 g/mol. The standard InChI is InChI=1S/C30H33IN5O2P/c1-30(2,3)38-28(20-7-6-8-20)19-37-24-14-12-23(13-15-24)36-27-10-5-4-9-25(27)29(34-36)33-22-11-16-26(35-39-31)21(17-22)18-32/h4-5,9-18,32,35,39H,6-8,19H2,1-3H3,(H,33,34). The smallest absolute Gasteiger partial charge is 0.160 e. The summed E-state index contributed by atoms with van der Waals surface area (Å²) in [5.74, 6) is 2.52. The Bertz CT molecular complexity index is 1500. The van der Waals surface area contributed by atoms with Gasteiger partial charge >= 0.3 is 0 Å². The Balaban J connectivity index is 1.36. The summed E-state index contributed by atoms with van der Waals surface area (Å²) in [4.78, 5) is 0. The zero-order chi connectivity index (χ0) is 27.4. The van der Waals surface area contributed by atoms with E-state index in [4.69, 9.17) is 20.0 Å². The number of benzene rings is 3. The van der Waals surface area contributed by atoms with E-state index in [0.717, 1.165) is 63.7 Å². The maximum Gasteiger partial charge on any atom is 0.160 e. The number of hydrogen-bond acceptors (Lipinski definition) is 6. The highest BCUT2D eigenvalue weighted by Crippen LogP contribution is 2.33. The van der Waals surface area contributed by atoms with E-state index in [1.165, 1.54) is 18.2 Å². The first-order valence-electron chi connectivity index (χ1n) is 13.0. The first-order valence-corrected chi connectivity index (χ1v) is 17.1. The topological polar surface area (TPSA) is 84.2 Å². The van der Waals surface area contributed by atoms with Crippen molar-refractivity contribution in [2.75, 3.05) is 17.0 Å². The molecule has 0 radical (unpaired) electrons. The zero-order valence-corrected chi connectivity index (χ0v) is 25.5. The molecule has 4 aromatic rings. The molecule has 3 aromatic carbocycles. The second-order valence-electron chi connectivity index (χ2n) is 10.4. The second kappa shape index (κ2) is 12.0. The third-order valence-electron chi connectivity index (χ3n) is 6.47. The van der Waals surface area contributed by atoms with Gasteiger partial charge in [-0.05, 0) is 122 Å². The molecule has 1 aliphatic rings. The minimum absolute atomic E-state index is 0.243. The molecule has 9 heteroatoms. The Morgan fingerprint density at radius 2 is 1.87 bits per heavy atom. The molecule has 7 nitrogen and oxygen atoms in total. The number of nitrogens with zero attached hydrogens (tertiary/aromatic N) is 2. The molecule has 0 spiro atoms. The fourth-order valence-electron chi connectivity index (χ4n) is 4.45. The van der Waals surface area contributed by atoms with Gasteiger partial charge in [-0.3, -0.25) is 0 Å². The largest absolute Gasteiger partial charge is 0.489 e. The van der Waals surface area contributed by atoms with Crippen molar-refractivity contribution < 1.29 is 9.47 Å². The summed E-state index contributed by atoms with van der Waals surface area (Å²) in [6.45, 7) is 6.66. The van der Waals surface area contributed by atoms with Crippen molar-refractivity contribution in [3.63, 3.8) is 0 Å². The van der Waals surface area contributed by atoms with Crippen LogP contribution < -0.4 is 15.1 Å². The molecule has 0 saturated heterocycles. The molecule has 0 aliphatic heterocycles. The summed E-state index contributed by atoms with van der Waals surface area (Å²) < 4.78 is 14.3. The fourth-order valence-corrected chi connectivity index (χ4v) is 5.66. The van der Waals surface area contributed by atoms with E-state index >= 15 is 0 Å². The van der Waals surface area contributed by atoms with E-state index in [2.05, 4.69) is 65.3 Å². The number of fused-ring (bicyclic) bond motifs is 1. The average Bonchev–Trinajstić information content (AvgIpc) is 3.25. The van der Waals surface area contributed by atoms with Crippen LogP contribution in [0.1, 0.15) is 45.6 Å². The Morgan fingerprint density at radius 1 is 1.10 bits per heavy atom. The molecule has 1 atom stereocenters. The SMILES string of the molecule is CC(C)(C)OC(COc1ccc(-n2nc(Nc3ccc(NPI)c(C=N)c3)c3ccccc32)cc1)=C1CCC1. The van der Waals surface area contributed by atoms with E-state index in [9.17, 15) is 0 Å². The van der Waals surface area contributed by atoms with Crippen molar-refractivity contribution in [1.82, 2.24) is 9.78 Å². The predicted molar refractivity (Wildman–Crippen MR) is 172 cm³/mol. The van der Waals surface area contributed by atoms with Crippen LogP contribution in [0.15, 0.2) is 78.1 Å². The molecule has 39 heavy (non-hydrogen) atoms. The van der Waals surface area contributed by atoms with Crippen LogP contribution in [-0.2, 0) is 4.74 Å². The molecule has 3 N–H and O–H groups in total. The summed E-state index contributed by atoms with van der Waals surface area (Å²) in [7, 11) is 0. The van der Waals surface area contributed by atoms with Gasteiger partial charge in [0, 0.05) is 34.9 Å². The summed E-state index contributed by atoms with van der Waals surface area (Å²) in [6, 6.07) is 22.1. The normalized spacial score (nSPS) is 13.4. The lowest BCUT2D eigenvalue weighted by Crippen LogP contribution is -2.23. The molecule has 1 heterocycles. The molecule has 1 aromatic heterocycles. The van der Waals surface area contributed by atoms with Gasteiger partial charge < -0.3 is 25.3 Å². The van der Waals surface area contributed by atoms with Crippen molar-refractivity contribution in [2.24, 2.45) is 0 Å². The molecule has 0 bridgehead atoms. The summed E-state index contributed by atoms with van der Waals surface area (Å²) >= 11 is 2.29. The van der Waals surface area contributed by atoms with E-state index in [1.807, 2.05) is 59.3 Å². The number of para-hydroxylation sites is 1. The molecular formula is C30H33IN5O2P. The van der Waals surface area contributed by atoms with Gasteiger partial charge in [-0.25, -0.2) is 4.68 Å². The third-order valence-corrected chi connectivity index (χ3v) is 7.64. The molecule has 202 valence electrons. The molecule has 1 aliphatic carbocycles. The van der Waals surface area contributed by atoms with Gasteiger partial charge in [0.1, 0.15) is 23.7 Å². The van der Waals surface area contributed by atoms with Crippen molar-refractivity contribution in [1.29, 1.82) is 5.41 Å². The maximum absolute atomic E-state index is 7.80. The van der Waals surface area contributed by atoms with Gasteiger partial charge in [-0.1, -0.05) is 12.1 Å². The number of anilines is 3. The molecule has 5 rings (SSSR count). The molecule has 0 amide bonds. The number of nitrogens with one attached hydrogen (secondary N) is 3. The van der Waals surface area contributed by atoms with Crippen LogP contribution in [0.2, 0.25) is 0 Å². The van der Waals surface area contributed by atoms with E-state index < -0.39 is 0 Å². The van der Waals surface area contributed by atoms with Crippen molar-refractivity contribution >= 4 is 62.7 Å². The highest BCUT2D eigenvalue weighted by atomic mass is 127. The number of ether oxygens (including phenoxy) is 2. The van der Waals surface area contributed by atoms with Gasteiger partial charge in [0.05, 0.1) is 11.2 Å². The third kappa shape index (κ3) is 6.56. The lowest BCUT2D eigenvalue weighted by molar-refractivity contribution is 0.0319. The molecule has 1 saturated carbocycles. The van der Waals surface area contributed by atoms with Crippen molar-refractivity contribution in [3.8, 4) is 11.4 Å². The van der Waals surface area contributed by atoms with Crippen LogP contribution in [0.3, 0.4) is 0 Å².